The first kappa shape index (κ1) is 13.8. The van der Waals surface area contributed by atoms with Crippen LogP contribution in [-0.2, 0) is 0 Å². The van der Waals surface area contributed by atoms with Gasteiger partial charge < -0.3 is 0 Å². The van der Waals surface area contributed by atoms with Crippen LogP contribution in [-0.4, -0.2) is 0 Å². The van der Waals surface area contributed by atoms with Crippen molar-refractivity contribution in [1.82, 2.24) is 0 Å². The van der Waals surface area contributed by atoms with E-state index in [2.05, 4.69) is 81.2 Å². The molecule has 1 aliphatic carbocycles. The predicted octanol–water partition coefficient (Wildman–Crippen LogP) is 6.36. The van der Waals surface area contributed by atoms with E-state index in [1.807, 2.05) is 0 Å². The third kappa shape index (κ3) is 4.25. The summed E-state index contributed by atoms with van der Waals surface area (Å²) in [6.07, 6.45) is 4.50. The summed E-state index contributed by atoms with van der Waals surface area (Å²) >= 11 is 6.91. The van der Waals surface area contributed by atoms with E-state index in [4.69, 9.17) is 0 Å². The predicted molar refractivity (Wildman–Crippen MR) is 85.9 cm³/mol. The van der Waals surface area contributed by atoms with Crippen LogP contribution in [0.2, 0.25) is 0 Å². The Morgan fingerprint density at radius 2 is 1.33 bits per heavy atom. The SMILES string of the molecule is C1CC1.Cc1cc(Br)ccc1-c1ccc(Br)cc1. The van der Waals surface area contributed by atoms with Gasteiger partial charge in [0, 0.05) is 8.95 Å². The third-order valence-corrected chi connectivity index (χ3v) is 3.72. The average molecular weight is 368 g/mol. The van der Waals surface area contributed by atoms with Gasteiger partial charge in [0.15, 0.2) is 0 Å². The molecule has 0 radical (unpaired) electrons. The van der Waals surface area contributed by atoms with Gasteiger partial charge in [0.1, 0.15) is 0 Å². The maximum atomic E-state index is 3.47. The summed E-state index contributed by atoms with van der Waals surface area (Å²) in [5, 5.41) is 0. The normalized spacial score (nSPS) is 12.6. The zero-order chi connectivity index (χ0) is 13.0. The molecule has 0 N–H and O–H groups in total. The highest BCUT2D eigenvalue weighted by molar-refractivity contribution is 9.10. The van der Waals surface area contributed by atoms with E-state index in [0.29, 0.717) is 0 Å². The van der Waals surface area contributed by atoms with Gasteiger partial charge in [-0.25, -0.2) is 0 Å². The molecule has 0 nitrogen and oxygen atoms in total. The number of halogens is 2. The highest BCUT2D eigenvalue weighted by Crippen LogP contribution is 2.27. The molecule has 0 atom stereocenters. The van der Waals surface area contributed by atoms with E-state index in [1.54, 1.807) is 0 Å². The summed E-state index contributed by atoms with van der Waals surface area (Å²) in [4.78, 5) is 0. The second-order valence-corrected chi connectivity index (χ2v) is 6.36. The molecule has 0 saturated heterocycles. The Kier molecular flexibility index (Phi) is 5.02. The second-order valence-electron chi connectivity index (χ2n) is 4.53. The average Bonchev–Trinajstić information content (AvgIpc) is 3.18. The molecule has 18 heavy (non-hydrogen) atoms. The lowest BCUT2D eigenvalue weighted by Crippen LogP contribution is -1.82. The Hall–Kier alpha value is -0.600. The molecule has 0 heterocycles. The van der Waals surface area contributed by atoms with Crippen LogP contribution >= 0.6 is 31.9 Å². The Balaban J connectivity index is 0.000000350. The zero-order valence-electron chi connectivity index (χ0n) is 10.4. The van der Waals surface area contributed by atoms with Crippen LogP contribution in [0.15, 0.2) is 51.4 Å². The van der Waals surface area contributed by atoms with Crippen molar-refractivity contribution in [2.45, 2.75) is 26.2 Å². The van der Waals surface area contributed by atoms with Crippen molar-refractivity contribution in [3.63, 3.8) is 0 Å². The van der Waals surface area contributed by atoms with Crippen molar-refractivity contribution in [3.05, 3.63) is 57.0 Å². The summed E-state index contributed by atoms with van der Waals surface area (Å²) in [7, 11) is 0. The van der Waals surface area contributed by atoms with Gasteiger partial charge in [-0.05, 0) is 47.9 Å². The molecule has 2 heteroatoms. The van der Waals surface area contributed by atoms with E-state index >= 15 is 0 Å². The van der Waals surface area contributed by atoms with Crippen LogP contribution in [0.1, 0.15) is 24.8 Å². The smallest absolute Gasteiger partial charge is 0.0178 e. The monoisotopic (exact) mass is 366 g/mol. The van der Waals surface area contributed by atoms with Gasteiger partial charge >= 0.3 is 0 Å². The van der Waals surface area contributed by atoms with Crippen molar-refractivity contribution in [2.75, 3.05) is 0 Å². The third-order valence-electron chi connectivity index (χ3n) is 2.70. The number of aryl methyl sites for hydroxylation is 1. The molecule has 1 aliphatic rings. The number of hydrogen-bond donors (Lipinski definition) is 0. The minimum atomic E-state index is 1.11. The molecule has 3 rings (SSSR count). The van der Waals surface area contributed by atoms with Gasteiger partial charge in [0.05, 0.1) is 0 Å². The fraction of sp³-hybridized carbons (Fsp3) is 0.250. The van der Waals surface area contributed by atoms with Gasteiger partial charge in [-0.1, -0.05) is 69.3 Å². The minimum absolute atomic E-state index is 1.11. The summed E-state index contributed by atoms with van der Waals surface area (Å²) in [6, 6.07) is 14.7. The first-order chi connectivity index (χ1) is 8.66. The molecule has 1 saturated carbocycles. The second kappa shape index (κ2) is 6.53. The Morgan fingerprint density at radius 1 is 0.778 bits per heavy atom. The van der Waals surface area contributed by atoms with Crippen molar-refractivity contribution in [2.24, 2.45) is 0 Å². The van der Waals surface area contributed by atoms with Crippen LogP contribution < -0.4 is 0 Å². The van der Waals surface area contributed by atoms with E-state index < -0.39 is 0 Å². The Bertz CT molecular complexity index is 510. The molecule has 2 aromatic rings. The summed E-state index contributed by atoms with van der Waals surface area (Å²) in [5.41, 5.74) is 3.82. The van der Waals surface area contributed by atoms with Crippen molar-refractivity contribution in [1.29, 1.82) is 0 Å². The summed E-state index contributed by atoms with van der Waals surface area (Å²) in [6.45, 7) is 2.13. The number of rotatable bonds is 1. The Morgan fingerprint density at radius 3 is 1.83 bits per heavy atom. The standard InChI is InChI=1S/C13H10Br2.C3H6/c1-9-8-12(15)6-7-13(9)10-2-4-11(14)5-3-10;1-2-3-1/h2-8H,1H3;1-3H2. The minimum Gasteiger partial charge on any atom is -0.0533 e. The van der Waals surface area contributed by atoms with Gasteiger partial charge in [0.25, 0.3) is 0 Å². The van der Waals surface area contributed by atoms with Crippen LogP contribution in [0, 0.1) is 6.92 Å². The van der Waals surface area contributed by atoms with Gasteiger partial charge in [-0.15, -0.1) is 0 Å². The lowest BCUT2D eigenvalue weighted by atomic mass is 10.0. The fourth-order valence-electron chi connectivity index (χ4n) is 1.58. The highest BCUT2D eigenvalue weighted by Gasteiger charge is 2.01. The number of benzene rings is 2. The van der Waals surface area contributed by atoms with E-state index in [0.717, 1.165) is 8.95 Å². The molecular weight excluding hydrogens is 352 g/mol. The molecule has 0 spiro atoms. The summed E-state index contributed by atoms with van der Waals surface area (Å²) < 4.78 is 2.24. The molecule has 0 amide bonds. The molecular formula is C16H16Br2. The van der Waals surface area contributed by atoms with E-state index in [1.165, 1.54) is 36.0 Å². The van der Waals surface area contributed by atoms with Crippen LogP contribution in [0.5, 0.6) is 0 Å². The topological polar surface area (TPSA) is 0 Å². The maximum Gasteiger partial charge on any atom is 0.0178 e. The molecule has 0 aliphatic heterocycles. The lowest BCUT2D eigenvalue weighted by Gasteiger charge is -2.06. The molecule has 0 aromatic heterocycles. The Labute approximate surface area is 126 Å². The highest BCUT2D eigenvalue weighted by atomic mass is 79.9. The lowest BCUT2D eigenvalue weighted by molar-refractivity contribution is 1.44. The molecule has 2 aromatic carbocycles. The van der Waals surface area contributed by atoms with Crippen molar-refractivity contribution < 1.29 is 0 Å². The van der Waals surface area contributed by atoms with Crippen molar-refractivity contribution >= 4 is 31.9 Å². The fourth-order valence-corrected chi connectivity index (χ4v) is 2.32. The van der Waals surface area contributed by atoms with Crippen LogP contribution in [0.3, 0.4) is 0 Å². The molecule has 0 unspecified atom stereocenters. The van der Waals surface area contributed by atoms with Crippen LogP contribution in [0.25, 0.3) is 11.1 Å². The van der Waals surface area contributed by atoms with E-state index in [9.17, 15) is 0 Å². The molecule has 0 bridgehead atoms. The van der Waals surface area contributed by atoms with Crippen molar-refractivity contribution in [3.8, 4) is 11.1 Å². The first-order valence-electron chi connectivity index (χ1n) is 6.19. The molecule has 1 fully saturated rings. The maximum absolute atomic E-state index is 3.47. The summed E-state index contributed by atoms with van der Waals surface area (Å²) in [5.74, 6) is 0. The first-order valence-corrected chi connectivity index (χ1v) is 7.77. The van der Waals surface area contributed by atoms with Gasteiger partial charge in [-0.2, -0.15) is 0 Å². The van der Waals surface area contributed by atoms with Crippen LogP contribution in [0.4, 0.5) is 0 Å². The van der Waals surface area contributed by atoms with Gasteiger partial charge in [0.2, 0.25) is 0 Å². The zero-order valence-corrected chi connectivity index (χ0v) is 13.6. The van der Waals surface area contributed by atoms with E-state index in [-0.39, 0.29) is 0 Å². The van der Waals surface area contributed by atoms with Gasteiger partial charge in [-0.3, -0.25) is 0 Å². The molecule has 94 valence electrons. The number of hydrogen-bond acceptors (Lipinski definition) is 0. The quantitative estimate of drug-likeness (QED) is 0.550. The largest absolute Gasteiger partial charge is 0.0533 e.